The van der Waals surface area contributed by atoms with Gasteiger partial charge in [-0.15, -0.1) is 0 Å². The third-order valence-corrected chi connectivity index (χ3v) is 5.29. The van der Waals surface area contributed by atoms with Crippen LogP contribution in [-0.2, 0) is 4.79 Å². The summed E-state index contributed by atoms with van der Waals surface area (Å²) >= 11 is 11.9. The van der Waals surface area contributed by atoms with Crippen LogP contribution >= 0.6 is 23.2 Å². The van der Waals surface area contributed by atoms with E-state index in [0.717, 1.165) is 5.56 Å². The van der Waals surface area contributed by atoms with Crippen LogP contribution in [0.25, 0.3) is 0 Å². The minimum atomic E-state index is -0.675. The first-order valence-electron chi connectivity index (χ1n) is 10.3. The molecule has 0 aromatic heterocycles. The largest absolute Gasteiger partial charge is 0.493 e. The quantitative estimate of drug-likeness (QED) is 0.201. The fraction of sp³-hybridized carbons (Fsp3) is 0.120. The number of hydrogen-bond donors (Lipinski definition) is 2. The van der Waals surface area contributed by atoms with Crippen molar-refractivity contribution in [1.29, 1.82) is 0 Å². The van der Waals surface area contributed by atoms with Crippen LogP contribution in [0.5, 0.6) is 11.5 Å². The summed E-state index contributed by atoms with van der Waals surface area (Å²) < 4.78 is 10.7. The molecule has 0 heterocycles. The lowest BCUT2D eigenvalue weighted by atomic mass is 10.1. The highest BCUT2D eigenvalue weighted by atomic mass is 35.5. The van der Waals surface area contributed by atoms with Crippen molar-refractivity contribution >= 4 is 47.2 Å². The van der Waals surface area contributed by atoms with Gasteiger partial charge in [-0.25, -0.2) is 10.2 Å². The number of ether oxygens (including phenoxy) is 2. The first-order chi connectivity index (χ1) is 16.8. The number of nitrogens with one attached hydrogen (secondary N) is 2. The second-order valence-corrected chi connectivity index (χ2v) is 8.06. The van der Waals surface area contributed by atoms with E-state index < -0.39 is 11.9 Å². The van der Waals surface area contributed by atoms with Gasteiger partial charge in [0.05, 0.1) is 30.5 Å². The first-order valence-corrected chi connectivity index (χ1v) is 11.0. The molecule has 8 nitrogen and oxygen atoms in total. The van der Waals surface area contributed by atoms with E-state index in [2.05, 4.69) is 15.8 Å². The number of nitrogens with zero attached hydrogens (tertiary/aromatic N) is 1. The van der Waals surface area contributed by atoms with Crippen molar-refractivity contribution in [2.45, 2.75) is 6.92 Å². The molecule has 0 aliphatic heterocycles. The van der Waals surface area contributed by atoms with E-state index in [1.165, 1.54) is 37.6 Å². The van der Waals surface area contributed by atoms with E-state index in [4.69, 9.17) is 32.7 Å². The molecule has 35 heavy (non-hydrogen) atoms. The zero-order chi connectivity index (χ0) is 25.4. The standard InChI is InChI=1S/C25H21Cl2N3O5/c1-15-5-3-4-6-18(15)24(32)28-14-23(31)30-29-13-16-7-10-21(22(11-16)34-2)35-25(33)19-9-8-17(26)12-20(19)27/h3-13H,14H2,1-2H3,(H,28,32)(H,30,31). The number of carbonyl (C=O) groups excluding carboxylic acids is 3. The molecule has 0 fully saturated rings. The Balaban J connectivity index is 1.57. The van der Waals surface area contributed by atoms with Crippen molar-refractivity contribution < 1.29 is 23.9 Å². The molecule has 0 aliphatic rings. The van der Waals surface area contributed by atoms with E-state index in [1.54, 1.807) is 24.3 Å². The minimum Gasteiger partial charge on any atom is -0.493 e. The van der Waals surface area contributed by atoms with Crippen LogP contribution in [0.3, 0.4) is 0 Å². The Morgan fingerprint density at radius 3 is 2.46 bits per heavy atom. The molecule has 2 N–H and O–H groups in total. The molecule has 0 saturated heterocycles. The molecule has 0 aliphatic carbocycles. The fourth-order valence-corrected chi connectivity index (χ4v) is 3.45. The second kappa shape index (κ2) is 12.0. The number of benzene rings is 3. The van der Waals surface area contributed by atoms with Gasteiger partial charge in [0.2, 0.25) is 0 Å². The van der Waals surface area contributed by atoms with Crippen molar-refractivity contribution in [3.63, 3.8) is 0 Å². The molecule has 0 radical (unpaired) electrons. The summed E-state index contributed by atoms with van der Waals surface area (Å²) in [5.41, 5.74) is 4.36. The number of esters is 1. The van der Waals surface area contributed by atoms with Crippen molar-refractivity contribution in [1.82, 2.24) is 10.7 Å². The molecule has 0 bridgehead atoms. The average Bonchev–Trinajstić information content (AvgIpc) is 2.83. The smallest absolute Gasteiger partial charge is 0.345 e. The second-order valence-electron chi connectivity index (χ2n) is 7.21. The molecule has 3 aromatic rings. The summed E-state index contributed by atoms with van der Waals surface area (Å²) in [7, 11) is 1.42. The van der Waals surface area contributed by atoms with Crippen molar-refractivity contribution in [2.24, 2.45) is 5.10 Å². The van der Waals surface area contributed by atoms with Gasteiger partial charge in [0, 0.05) is 10.6 Å². The SMILES string of the molecule is COc1cc(C=NNC(=O)CNC(=O)c2ccccc2C)ccc1OC(=O)c1ccc(Cl)cc1Cl. The van der Waals surface area contributed by atoms with Gasteiger partial charge in [0.25, 0.3) is 11.8 Å². The molecular formula is C25H21Cl2N3O5. The lowest BCUT2D eigenvalue weighted by Crippen LogP contribution is -2.35. The molecule has 180 valence electrons. The molecular weight excluding hydrogens is 493 g/mol. The third-order valence-electron chi connectivity index (χ3n) is 4.74. The monoisotopic (exact) mass is 513 g/mol. The topological polar surface area (TPSA) is 106 Å². The van der Waals surface area contributed by atoms with Crippen LogP contribution in [0, 0.1) is 6.92 Å². The van der Waals surface area contributed by atoms with E-state index in [9.17, 15) is 14.4 Å². The molecule has 0 unspecified atom stereocenters. The highest BCUT2D eigenvalue weighted by molar-refractivity contribution is 6.36. The number of halogens is 2. The Morgan fingerprint density at radius 1 is 0.971 bits per heavy atom. The third kappa shape index (κ3) is 7.05. The van der Waals surface area contributed by atoms with Crippen LogP contribution in [0.4, 0.5) is 0 Å². The van der Waals surface area contributed by atoms with Gasteiger partial charge in [-0.1, -0.05) is 41.4 Å². The van der Waals surface area contributed by atoms with Gasteiger partial charge in [-0.05, 0) is 60.5 Å². The maximum absolute atomic E-state index is 12.5. The molecule has 0 saturated carbocycles. The normalized spacial score (nSPS) is 10.6. The summed E-state index contributed by atoms with van der Waals surface area (Å²) in [6.07, 6.45) is 1.38. The molecule has 3 rings (SSSR count). The number of carbonyl (C=O) groups is 3. The van der Waals surface area contributed by atoms with Crippen LogP contribution in [0.1, 0.15) is 31.8 Å². The Hall–Kier alpha value is -3.88. The predicted molar refractivity (Wildman–Crippen MR) is 134 cm³/mol. The van der Waals surface area contributed by atoms with E-state index in [1.807, 2.05) is 19.1 Å². The van der Waals surface area contributed by atoms with E-state index >= 15 is 0 Å². The van der Waals surface area contributed by atoms with Crippen molar-refractivity contribution in [3.05, 3.63) is 93.0 Å². The molecule has 0 spiro atoms. The summed E-state index contributed by atoms with van der Waals surface area (Å²) in [6.45, 7) is 1.57. The lowest BCUT2D eigenvalue weighted by molar-refractivity contribution is -0.120. The number of rotatable bonds is 8. The van der Waals surface area contributed by atoms with Crippen LogP contribution < -0.4 is 20.2 Å². The first kappa shape index (κ1) is 25.7. The summed E-state index contributed by atoms with van der Waals surface area (Å²) in [4.78, 5) is 36.6. The Labute approximate surface area is 211 Å². The maximum atomic E-state index is 12.5. The Morgan fingerprint density at radius 2 is 1.74 bits per heavy atom. The number of amides is 2. The van der Waals surface area contributed by atoms with E-state index in [0.29, 0.717) is 16.1 Å². The summed E-state index contributed by atoms with van der Waals surface area (Å²) in [5.74, 6) is -1.09. The van der Waals surface area contributed by atoms with Crippen molar-refractivity contribution in [2.75, 3.05) is 13.7 Å². The number of methoxy groups -OCH3 is 1. The Kier molecular flexibility index (Phi) is 8.83. The summed E-state index contributed by atoms with van der Waals surface area (Å²) in [6, 6.07) is 16.2. The Bertz CT molecular complexity index is 1290. The average molecular weight is 514 g/mol. The van der Waals surface area contributed by atoms with E-state index in [-0.39, 0.29) is 34.5 Å². The minimum absolute atomic E-state index is 0.154. The van der Waals surface area contributed by atoms with Gasteiger partial charge in [-0.3, -0.25) is 9.59 Å². The van der Waals surface area contributed by atoms with Gasteiger partial charge in [0.1, 0.15) is 0 Å². The lowest BCUT2D eigenvalue weighted by Gasteiger charge is -2.10. The molecule has 10 heteroatoms. The molecule has 0 atom stereocenters. The molecule has 3 aromatic carbocycles. The predicted octanol–water partition coefficient (Wildman–Crippen LogP) is 4.41. The number of hydrazone groups is 1. The summed E-state index contributed by atoms with van der Waals surface area (Å²) in [5, 5.41) is 6.98. The van der Waals surface area contributed by atoms with Gasteiger partial charge in [-0.2, -0.15) is 5.10 Å². The van der Waals surface area contributed by atoms with Crippen molar-refractivity contribution in [3.8, 4) is 11.5 Å². The van der Waals surface area contributed by atoms with Crippen LogP contribution in [-0.4, -0.2) is 37.7 Å². The zero-order valence-electron chi connectivity index (χ0n) is 18.8. The number of hydrogen-bond acceptors (Lipinski definition) is 6. The van der Waals surface area contributed by atoms with Gasteiger partial charge >= 0.3 is 5.97 Å². The highest BCUT2D eigenvalue weighted by Gasteiger charge is 2.16. The number of aryl methyl sites for hydroxylation is 1. The van der Waals surface area contributed by atoms with Gasteiger partial charge in [0.15, 0.2) is 11.5 Å². The van der Waals surface area contributed by atoms with Crippen LogP contribution in [0.15, 0.2) is 65.8 Å². The zero-order valence-corrected chi connectivity index (χ0v) is 20.3. The maximum Gasteiger partial charge on any atom is 0.345 e. The van der Waals surface area contributed by atoms with Gasteiger partial charge < -0.3 is 14.8 Å². The highest BCUT2D eigenvalue weighted by Crippen LogP contribution is 2.29. The van der Waals surface area contributed by atoms with Crippen LogP contribution in [0.2, 0.25) is 10.0 Å². The molecule has 2 amide bonds. The fourth-order valence-electron chi connectivity index (χ4n) is 2.96.